The number of nitrogens with one attached hydrogen (secondary N) is 2. The van der Waals surface area contributed by atoms with Crippen LogP contribution in [-0.4, -0.2) is 21.8 Å². The maximum atomic E-state index is 8.86. The van der Waals surface area contributed by atoms with Crippen LogP contribution in [0.1, 0.15) is 36.7 Å². The van der Waals surface area contributed by atoms with Gasteiger partial charge in [-0.05, 0) is 25.5 Å². The van der Waals surface area contributed by atoms with Gasteiger partial charge in [-0.2, -0.15) is 5.10 Å². The van der Waals surface area contributed by atoms with Crippen molar-refractivity contribution >= 4 is 0 Å². The van der Waals surface area contributed by atoms with E-state index in [1.807, 2.05) is 6.07 Å². The summed E-state index contributed by atoms with van der Waals surface area (Å²) in [5.74, 6) is 0. The molecule has 3 N–H and O–H groups in total. The third-order valence-corrected chi connectivity index (χ3v) is 2.49. The Morgan fingerprint density at radius 1 is 1.54 bits per heavy atom. The van der Waals surface area contributed by atoms with E-state index < -0.39 is 0 Å². The predicted molar refractivity (Wildman–Crippen MR) is 49.1 cm³/mol. The van der Waals surface area contributed by atoms with E-state index in [1.165, 1.54) is 12.8 Å². The summed E-state index contributed by atoms with van der Waals surface area (Å²) in [4.78, 5) is 0. The summed E-state index contributed by atoms with van der Waals surface area (Å²) < 4.78 is 0. The molecule has 2 heterocycles. The monoisotopic (exact) mass is 181 g/mol. The van der Waals surface area contributed by atoms with Gasteiger partial charge < -0.3 is 10.4 Å². The largest absolute Gasteiger partial charge is 0.390 e. The molecule has 72 valence electrons. The van der Waals surface area contributed by atoms with Crippen LogP contribution in [0.3, 0.4) is 0 Å². The summed E-state index contributed by atoms with van der Waals surface area (Å²) in [6.07, 6.45) is 3.67. The highest BCUT2D eigenvalue weighted by molar-refractivity contribution is 5.12. The number of rotatable bonds is 2. The maximum Gasteiger partial charge on any atom is 0.0847 e. The van der Waals surface area contributed by atoms with Crippen LogP contribution in [0.2, 0.25) is 0 Å². The van der Waals surface area contributed by atoms with Crippen LogP contribution >= 0.6 is 0 Å². The van der Waals surface area contributed by atoms with Gasteiger partial charge in [-0.1, -0.05) is 6.42 Å². The number of aliphatic hydroxyl groups is 1. The molecule has 0 aliphatic carbocycles. The third kappa shape index (κ3) is 1.89. The minimum atomic E-state index is 0.0414. The predicted octanol–water partition coefficient (Wildman–Crippen LogP) is 0.717. The fraction of sp³-hybridized carbons (Fsp3) is 0.667. The van der Waals surface area contributed by atoms with E-state index in [9.17, 15) is 0 Å². The molecular formula is C9H15N3O. The zero-order valence-electron chi connectivity index (χ0n) is 7.58. The molecule has 0 spiro atoms. The number of nitrogens with zero attached hydrogens (tertiary/aromatic N) is 1. The van der Waals surface area contributed by atoms with Crippen LogP contribution in [-0.2, 0) is 6.61 Å². The fourth-order valence-corrected chi connectivity index (χ4v) is 1.74. The minimum Gasteiger partial charge on any atom is -0.390 e. The second-order valence-corrected chi connectivity index (χ2v) is 3.48. The van der Waals surface area contributed by atoms with Crippen molar-refractivity contribution in [3.05, 3.63) is 17.5 Å². The molecular weight excluding hydrogens is 166 g/mol. The zero-order chi connectivity index (χ0) is 9.10. The second-order valence-electron chi connectivity index (χ2n) is 3.48. The summed E-state index contributed by atoms with van der Waals surface area (Å²) in [5, 5.41) is 19.2. The Hall–Kier alpha value is -0.870. The first-order valence-electron chi connectivity index (χ1n) is 4.78. The molecule has 0 saturated carbocycles. The highest BCUT2D eigenvalue weighted by atomic mass is 16.3. The van der Waals surface area contributed by atoms with E-state index in [0.717, 1.165) is 24.4 Å². The normalized spacial score (nSPS) is 23.3. The van der Waals surface area contributed by atoms with E-state index in [-0.39, 0.29) is 6.61 Å². The van der Waals surface area contributed by atoms with Gasteiger partial charge in [0.05, 0.1) is 24.0 Å². The highest BCUT2D eigenvalue weighted by Crippen LogP contribution is 2.21. The van der Waals surface area contributed by atoms with E-state index in [2.05, 4.69) is 15.5 Å². The van der Waals surface area contributed by atoms with Gasteiger partial charge in [0, 0.05) is 0 Å². The van der Waals surface area contributed by atoms with Crippen LogP contribution in [0.15, 0.2) is 6.07 Å². The summed E-state index contributed by atoms with van der Waals surface area (Å²) in [5.41, 5.74) is 1.83. The summed E-state index contributed by atoms with van der Waals surface area (Å²) >= 11 is 0. The topological polar surface area (TPSA) is 60.9 Å². The summed E-state index contributed by atoms with van der Waals surface area (Å²) in [6, 6.07) is 2.31. The molecule has 0 bridgehead atoms. The maximum absolute atomic E-state index is 8.86. The molecule has 0 aromatic carbocycles. The molecule has 0 radical (unpaired) electrons. The first-order valence-corrected chi connectivity index (χ1v) is 4.78. The van der Waals surface area contributed by atoms with Gasteiger partial charge in [-0.25, -0.2) is 0 Å². The Balaban J connectivity index is 2.05. The molecule has 1 aliphatic rings. The number of aromatic amines is 1. The molecule has 1 fully saturated rings. The van der Waals surface area contributed by atoms with Gasteiger partial charge in [0.1, 0.15) is 0 Å². The number of aromatic nitrogens is 2. The van der Waals surface area contributed by atoms with Crippen LogP contribution in [0.4, 0.5) is 0 Å². The van der Waals surface area contributed by atoms with Crippen molar-refractivity contribution in [3.8, 4) is 0 Å². The summed E-state index contributed by atoms with van der Waals surface area (Å²) in [6.45, 7) is 1.12. The average Bonchev–Trinajstić information content (AvgIpc) is 2.67. The van der Waals surface area contributed by atoms with Crippen molar-refractivity contribution in [3.63, 3.8) is 0 Å². The lowest BCUT2D eigenvalue weighted by molar-refractivity contribution is 0.276. The molecule has 0 amide bonds. The van der Waals surface area contributed by atoms with Crippen molar-refractivity contribution in [2.75, 3.05) is 6.54 Å². The number of hydrogen-bond donors (Lipinski definition) is 3. The van der Waals surface area contributed by atoms with Crippen LogP contribution in [0.5, 0.6) is 0 Å². The van der Waals surface area contributed by atoms with Crippen molar-refractivity contribution in [2.45, 2.75) is 31.9 Å². The Kier molecular flexibility index (Phi) is 2.61. The number of hydrogen-bond acceptors (Lipinski definition) is 3. The first kappa shape index (κ1) is 8.72. The van der Waals surface area contributed by atoms with Crippen molar-refractivity contribution in [1.82, 2.24) is 15.5 Å². The van der Waals surface area contributed by atoms with Crippen LogP contribution in [0.25, 0.3) is 0 Å². The van der Waals surface area contributed by atoms with E-state index in [4.69, 9.17) is 5.11 Å². The molecule has 1 aromatic heterocycles. The Morgan fingerprint density at radius 3 is 3.08 bits per heavy atom. The van der Waals surface area contributed by atoms with Crippen molar-refractivity contribution in [1.29, 1.82) is 0 Å². The van der Waals surface area contributed by atoms with E-state index >= 15 is 0 Å². The lowest BCUT2D eigenvalue weighted by Crippen LogP contribution is -2.26. The van der Waals surface area contributed by atoms with Gasteiger partial charge in [0.2, 0.25) is 0 Å². The fourth-order valence-electron chi connectivity index (χ4n) is 1.74. The van der Waals surface area contributed by atoms with Gasteiger partial charge in [-0.3, -0.25) is 5.10 Å². The van der Waals surface area contributed by atoms with Crippen LogP contribution in [0, 0.1) is 0 Å². The molecule has 1 aromatic rings. The minimum absolute atomic E-state index is 0.0414. The molecule has 1 atom stereocenters. The van der Waals surface area contributed by atoms with E-state index in [1.54, 1.807) is 0 Å². The number of aliphatic hydroxyl groups excluding tert-OH is 1. The smallest absolute Gasteiger partial charge is 0.0847 e. The van der Waals surface area contributed by atoms with Crippen molar-refractivity contribution in [2.24, 2.45) is 0 Å². The third-order valence-electron chi connectivity index (χ3n) is 2.49. The lowest BCUT2D eigenvalue weighted by atomic mass is 10.0. The first-order chi connectivity index (χ1) is 6.40. The lowest BCUT2D eigenvalue weighted by Gasteiger charge is -2.21. The molecule has 13 heavy (non-hydrogen) atoms. The van der Waals surface area contributed by atoms with Crippen molar-refractivity contribution < 1.29 is 5.11 Å². The highest BCUT2D eigenvalue weighted by Gasteiger charge is 2.16. The molecule has 4 heteroatoms. The molecule has 1 saturated heterocycles. The average molecular weight is 181 g/mol. The summed E-state index contributed by atoms with van der Waals surface area (Å²) in [7, 11) is 0. The second kappa shape index (κ2) is 3.89. The molecule has 0 unspecified atom stereocenters. The van der Waals surface area contributed by atoms with Gasteiger partial charge in [0.25, 0.3) is 0 Å². The van der Waals surface area contributed by atoms with E-state index in [0.29, 0.717) is 6.04 Å². The Labute approximate surface area is 77.4 Å². The number of H-pyrrole nitrogens is 1. The number of piperidine rings is 1. The zero-order valence-corrected chi connectivity index (χ0v) is 7.58. The standard InChI is InChI=1S/C9H15N3O/c13-6-7-5-9(12-11-7)8-3-1-2-4-10-8/h5,8,10,13H,1-4,6H2,(H,11,12)/t8-/m0/s1. The SMILES string of the molecule is OCc1cc([C@@H]2CCCCN2)n[nH]1. The Bertz CT molecular complexity index is 266. The van der Waals surface area contributed by atoms with Gasteiger partial charge >= 0.3 is 0 Å². The Morgan fingerprint density at radius 2 is 2.46 bits per heavy atom. The molecule has 4 nitrogen and oxygen atoms in total. The molecule has 1 aliphatic heterocycles. The quantitative estimate of drug-likeness (QED) is 0.630. The van der Waals surface area contributed by atoms with Crippen LogP contribution < -0.4 is 5.32 Å². The van der Waals surface area contributed by atoms with Gasteiger partial charge in [0.15, 0.2) is 0 Å². The van der Waals surface area contributed by atoms with Gasteiger partial charge in [-0.15, -0.1) is 0 Å². The molecule has 2 rings (SSSR count).